The average Bonchev–Trinajstić information content (AvgIpc) is 2.96. The topological polar surface area (TPSA) is 66.6 Å². The van der Waals surface area contributed by atoms with Crippen LogP contribution in [0.1, 0.15) is 17.4 Å². The van der Waals surface area contributed by atoms with Gasteiger partial charge in [-0.15, -0.1) is 0 Å². The molecule has 0 saturated carbocycles. The Morgan fingerprint density at radius 2 is 2.14 bits per heavy atom. The SMILES string of the molecule is CCN(CCO)C(=O)c1coc(-c2ccc(Cl)c(Cl)c2)n1. The highest BCUT2D eigenvalue weighted by Gasteiger charge is 2.19. The maximum atomic E-state index is 12.2. The van der Waals surface area contributed by atoms with E-state index in [1.165, 1.54) is 11.2 Å². The number of benzene rings is 1. The number of aromatic nitrogens is 1. The van der Waals surface area contributed by atoms with Gasteiger partial charge in [0.25, 0.3) is 5.91 Å². The second kappa shape index (κ2) is 6.93. The van der Waals surface area contributed by atoms with Crippen LogP contribution in [0.4, 0.5) is 0 Å². The number of oxazole rings is 1. The molecule has 2 aromatic rings. The lowest BCUT2D eigenvalue weighted by molar-refractivity contribution is 0.0726. The van der Waals surface area contributed by atoms with Gasteiger partial charge in [0.05, 0.1) is 16.7 Å². The third-order valence-electron chi connectivity index (χ3n) is 2.93. The van der Waals surface area contributed by atoms with Gasteiger partial charge in [0, 0.05) is 18.7 Å². The van der Waals surface area contributed by atoms with Crippen molar-refractivity contribution in [2.24, 2.45) is 0 Å². The maximum absolute atomic E-state index is 12.2. The Labute approximate surface area is 132 Å². The zero-order valence-electron chi connectivity index (χ0n) is 11.3. The molecular formula is C14H14Cl2N2O3. The molecular weight excluding hydrogens is 315 g/mol. The summed E-state index contributed by atoms with van der Waals surface area (Å²) in [6.07, 6.45) is 1.29. The first-order valence-corrected chi connectivity index (χ1v) is 7.13. The highest BCUT2D eigenvalue weighted by atomic mass is 35.5. The van der Waals surface area contributed by atoms with Crippen molar-refractivity contribution in [3.63, 3.8) is 0 Å². The van der Waals surface area contributed by atoms with Crippen LogP contribution in [0.15, 0.2) is 28.9 Å². The molecule has 0 bridgehead atoms. The fourth-order valence-corrected chi connectivity index (χ4v) is 2.12. The summed E-state index contributed by atoms with van der Waals surface area (Å²) >= 11 is 11.8. The van der Waals surface area contributed by atoms with Crippen LogP contribution in [0.2, 0.25) is 10.0 Å². The summed E-state index contributed by atoms with van der Waals surface area (Å²) in [7, 11) is 0. The molecule has 0 saturated heterocycles. The Kier molecular flexibility index (Phi) is 5.22. The van der Waals surface area contributed by atoms with Gasteiger partial charge in [-0.05, 0) is 25.1 Å². The predicted molar refractivity (Wildman–Crippen MR) is 80.6 cm³/mol. The third kappa shape index (κ3) is 3.56. The standard InChI is InChI=1S/C14H14Cl2N2O3/c1-2-18(5-6-19)14(20)12-8-21-13(17-12)9-3-4-10(15)11(16)7-9/h3-4,7-8,19H,2,5-6H2,1H3. The van der Waals surface area contributed by atoms with E-state index in [4.69, 9.17) is 32.7 Å². The van der Waals surface area contributed by atoms with E-state index < -0.39 is 0 Å². The van der Waals surface area contributed by atoms with Crippen molar-refractivity contribution in [3.8, 4) is 11.5 Å². The lowest BCUT2D eigenvalue weighted by Crippen LogP contribution is -2.33. The fourth-order valence-electron chi connectivity index (χ4n) is 1.82. The molecule has 0 aliphatic heterocycles. The number of aliphatic hydroxyl groups is 1. The average molecular weight is 329 g/mol. The van der Waals surface area contributed by atoms with E-state index in [0.717, 1.165) is 0 Å². The number of carbonyl (C=O) groups excluding carboxylic acids is 1. The minimum atomic E-state index is -0.290. The molecule has 21 heavy (non-hydrogen) atoms. The van der Waals surface area contributed by atoms with Crippen molar-refractivity contribution >= 4 is 29.1 Å². The van der Waals surface area contributed by atoms with Crippen LogP contribution in [0.5, 0.6) is 0 Å². The van der Waals surface area contributed by atoms with Crippen molar-refractivity contribution in [2.75, 3.05) is 19.7 Å². The van der Waals surface area contributed by atoms with Gasteiger partial charge in [0.2, 0.25) is 5.89 Å². The van der Waals surface area contributed by atoms with Gasteiger partial charge in [-0.2, -0.15) is 0 Å². The largest absolute Gasteiger partial charge is 0.444 e. The number of hydrogen-bond acceptors (Lipinski definition) is 4. The van der Waals surface area contributed by atoms with Crippen LogP contribution in [0, 0.1) is 0 Å². The molecule has 0 atom stereocenters. The Bertz CT molecular complexity index is 643. The van der Waals surface area contributed by atoms with E-state index >= 15 is 0 Å². The van der Waals surface area contributed by atoms with Gasteiger partial charge in [0.1, 0.15) is 6.26 Å². The minimum Gasteiger partial charge on any atom is -0.444 e. The molecule has 0 unspecified atom stereocenters. The van der Waals surface area contributed by atoms with E-state index in [0.29, 0.717) is 22.2 Å². The number of halogens is 2. The summed E-state index contributed by atoms with van der Waals surface area (Å²) in [6, 6.07) is 4.96. The third-order valence-corrected chi connectivity index (χ3v) is 3.67. The summed E-state index contributed by atoms with van der Waals surface area (Å²) in [5, 5.41) is 9.76. The number of amides is 1. The Hall–Kier alpha value is -1.56. The van der Waals surface area contributed by atoms with Crippen LogP contribution in [-0.4, -0.2) is 40.6 Å². The van der Waals surface area contributed by atoms with Crippen LogP contribution in [-0.2, 0) is 0 Å². The highest BCUT2D eigenvalue weighted by molar-refractivity contribution is 6.42. The van der Waals surface area contributed by atoms with Gasteiger partial charge in [-0.3, -0.25) is 4.79 Å². The molecule has 0 aliphatic rings. The normalized spacial score (nSPS) is 10.7. The molecule has 1 aromatic heterocycles. The van der Waals surface area contributed by atoms with Crippen molar-refractivity contribution in [3.05, 3.63) is 40.2 Å². The van der Waals surface area contributed by atoms with Gasteiger partial charge in [-0.25, -0.2) is 4.98 Å². The number of aliphatic hydroxyl groups excluding tert-OH is 1. The van der Waals surface area contributed by atoms with Crippen molar-refractivity contribution in [1.82, 2.24) is 9.88 Å². The van der Waals surface area contributed by atoms with Crippen LogP contribution in [0.25, 0.3) is 11.5 Å². The second-order valence-corrected chi connectivity index (χ2v) is 5.09. The van der Waals surface area contributed by atoms with Crippen LogP contribution in [0.3, 0.4) is 0 Å². The number of hydrogen-bond donors (Lipinski definition) is 1. The minimum absolute atomic E-state index is 0.100. The molecule has 0 fully saturated rings. The lowest BCUT2D eigenvalue weighted by atomic mass is 10.2. The summed E-state index contributed by atoms with van der Waals surface area (Å²) in [4.78, 5) is 17.8. The lowest BCUT2D eigenvalue weighted by Gasteiger charge is -2.17. The van der Waals surface area contributed by atoms with Gasteiger partial charge in [0.15, 0.2) is 5.69 Å². The van der Waals surface area contributed by atoms with Crippen LogP contribution < -0.4 is 0 Å². The van der Waals surface area contributed by atoms with Crippen molar-refractivity contribution in [2.45, 2.75) is 6.92 Å². The summed E-state index contributed by atoms with van der Waals surface area (Å²) in [6.45, 7) is 2.46. The Balaban J connectivity index is 2.24. The molecule has 2 rings (SSSR count). The molecule has 112 valence electrons. The number of carbonyl (C=O) groups is 1. The first-order chi connectivity index (χ1) is 10.1. The molecule has 1 amide bonds. The molecule has 7 heteroatoms. The summed E-state index contributed by atoms with van der Waals surface area (Å²) < 4.78 is 5.32. The summed E-state index contributed by atoms with van der Waals surface area (Å²) in [5.74, 6) is -0.00132. The van der Waals surface area contributed by atoms with E-state index in [1.807, 2.05) is 6.92 Å². The Morgan fingerprint density at radius 1 is 1.38 bits per heavy atom. The zero-order valence-corrected chi connectivity index (χ0v) is 12.9. The Morgan fingerprint density at radius 3 is 2.76 bits per heavy atom. The molecule has 0 spiro atoms. The number of nitrogens with zero attached hydrogens (tertiary/aromatic N) is 2. The quantitative estimate of drug-likeness (QED) is 0.915. The maximum Gasteiger partial charge on any atom is 0.275 e. The monoisotopic (exact) mass is 328 g/mol. The molecule has 0 radical (unpaired) electrons. The van der Waals surface area contributed by atoms with Gasteiger partial charge in [-0.1, -0.05) is 23.2 Å². The second-order valence-electron chi connectivity index (χ2n) is 4.28. The van der Waals surface area contributed by atoms with Crippen molar-refractivity contribution in [1.29, 1.82) is 0 Å². The van der Waals surface area contributed by atoms with Gasteiger partial charge >= 0.3 is 0 Å². The van der Waals surface area contributed by atoms with Crippen molar-refractivity contribution < 1.29 is 14.3 Å². The zero-order chi connectivity index (χ0) is 15.4. The number of likely N-dealkylation sites (N-methyl/N-ethyl adjacent to an activating group) is 1. The molecule has 1 heterocycles. The molecule has 0 aliphatic carbocycles. The first-order valence-electron chi connectivity index (χ1n) is 6.38. The first kappa shape index (κ1) is 15.8. The smallest absolute Gasteiger partial charge is 0.275 e. The van der Waals surface area contributed by atoms with E-state index in [2.05, 4.69) is 4.98 Å². The van der Waals surface area contributed by atoms with Crippen LogP contribution >= 0.6 is 23.2 Å². The molecule has 1 aromatic carbocycles. The van der Waals surface area contributed by atoms with E-state index in [1.54, 1.807) is 18.2 Å². The highest BCUT2D eigenvalue weighted by Crippen LogP contribution is 2.28. The fraction of sp³-hybridized carbons (Fsp3) is 0.286. The number of rotatable bonds is 5. The predicted octanol–water partition coefficient (Wildman–Crippen LogP) is 3.10. The van der Waals surface area contributed by atoms with Gasteiger partial charge < -0.3 is 14.4 Å². The van der Waals surface area contributed by atoms with E-state index in [9.17, 15) is 4.79 Å². The molecule has 5 nitrogen and oxygen atoms in total. The van der Waals surface area contributed by atoms with E-state index in [-0.39, 0.29) is 30.6 Å². The summed E-state index contributed by atoms with van der Waals surface area (Å²) in [5.41, 5.74) is 0.819. The molecule has 1 N–H and O–H groups in total.